The number of pyridine rings is 1. The summed E-state index contributed by atoms with van der Waals surface area (Å²) in [5, 5.41) is 10.6. The monoisotopic (exact) mass is 310 g/mol. The van der Waals surface area contributed by atoms with Gasteiger partial charge in [-0.25, -0.2) is 13.6 Å². The van der Waals surface area contributed by atoms with Crippen LogP contribution in [0.1, 0.15) is 22.5 Å². The molecule has 0 aromatic carbocycles. The van der Waals surface area contributed by atoms with Crippen LogP contribution in [-0.4, -0.2) is 23.0 Å². The molecule has 0 aliphatic rings. The highest BCUT2D eigenvalue weighted by Crippen LogP contribution is 2.30. The molecule has 1 rings (SSSR count). The molecule has 0 fully saturated rings. The minimum atomic E-state index is -2.99. The molecule has 17 heavy (non-hydrogen) atoms. The van der Waals surface area contributed by atoms with E-state index in [4.69, 9.17) is 0 Å². The van der Waals surface area contributed by atoms with Gasteiger partial charge in [0.2, 0.25) is 5.69 Å². The molecule has 0 amide bonds. The van der Waals surface area contributed by atoms with E-state index < -0.39 is 34.4 Å². The van der Waals surface area contributed by atoms with Crippen LogP contribution in [0.4, 0.5) is 14.6 Å². The summed E-state index contributed by atoms with van der Waals surface area (Å²) in [5.74, 6) is -1.99. The van der Waals surface area contributed by atoms with Gasteiger partial charge in [-0.15, -0.1) is 0 Å². The Balaban J connectivity index is 3.46. The molecule has 1 heterocycles. The largest absolute Gasteiger partial charge is 0.465 e. The number of methoxy groups -OCH3 is 1. The van der Waals surface area contributed by atoms with E-state index in [1.807, 2.05) is 0 Å². The molecule has 9 heteroatoms. The second kappa shape index (κ2) is 5.13. The Hall–Kier alpha value is -1.64. The van der Waals surface area contributed by atoms with Crippen LogP contribution >= 0.6 is 15.9 Å². The number of nitrogens with zero attached hydrogens (tertiary/aromatic N) is 2. The first-order valence-electron chi connectivity index (χ1n) is 4.09. The van der Waals surface area contributed by atoms with Crippen LogP contribution in [0.25, 0.3) is 0 Å². The zero-order chi connectivity index (χ0) is 13.2. The van der Waals surface area contributed by atoms with Crippen molar-refractivity contribution in [3.63, 3.8) is 0 Å². The van der Waals surface area contributed by atoms with Gasteiger partial charge < -0.3 is 14.9 Å². The van der Waals surface area contributed by atoms with Gasteiger partial charge in [0.05, 0.1) is 11.6 Å². The van der Waals surface area contributed by atoms with Crippen LogP contribution in [0.3, 0.4) is 0 Å². The number of hydrogen-bond acceptors (Lipinski definition) is 5. The maximum Gasteiger partial charge on any atom is 0.378 e. The van der Waals surface area contributed by atoms with E-state index in [0.717, 1.165) is 13.2 Å². The van der Waals surface area contributed by atoms with Gasteiger partial charge in [0, 0.05) is 0 Å². The average molecular weight is 311 g/mol. The Kier molecular flexibility index (Phi) is 4.05. The topological polar surface area (TPSA) is 82.3 Å². The fourth-order valence-electron chi connectivity index (χ4n) is 1.05. The number of aromatic nitrogens is 1. The molecule has 0 saturated carbocycles. The lowest BCUT2D eigenvalue weighted by Gasteiger charge is -2.03. The van der Waals surface area contributed by atoms with Crippen molar-refractivity contribution >= 4 is 27.7 Å². The standard InChI is InChI=1S/C8H5BrF2N2O4/c1-17-8(14)3-2-4(9)5(6(10)11)12-7(3)13(15)16/h2,6H,1H3. The number of hydrogen-bond donors (Lipinski definition) is 0. The maximum atomic E-state index is 12.5. The van der Waals surface area contributed by atoms with Crippen LogP contribution in [-0.2, 0) is 4.74 Å². The minimum absolute atomic E-state index is 0.196. The third-order valence-electron chi connectivity index (χ3n) is 1.77. The first-order chi connectivity index (χ1) is 7.88. The molecule has 1 aromatic rings. The van der Waals surface area contributed by atoms with E-state index in [1.165, 1.54) is 0 Å². The van der Waals surface area contributed by atoms with Crippen molar-refractivity contribution in [2.24, 2.45) is 0 Å². The molecule has 92 valence electrons. The number of nitro groups is 1. The van der Waals surface area contributed by atoms with Gasteiger partial charge in [0.1, 0.15) is 0 Å². The normalized spacial score (nSPS) is 10.4. The van der Waals surface area contributed by atoms with E-state index >= 15 is 0 Å². The van der Waals surface area contributed by atoms with Crippen molar-refractivity contribution in [3.8, 4) is 0 Å². The highest BCUT2D eigenvalue weighted by atomic mass is 79.9. The second-order valence-electron chi connectivity index (χ2n) is 2.78. The summed E-state index contributed by atoms with van der Waals surface area (Å²) in [6, 6.07) is 0.887. The van der Waals surface area contributed by atoms with Crippen LogP contribution in [0.2, 0.25) is 0 Å². The van der Waals surface area contributed by atoms with Gasteiger partial charge in [0.15, 0.2) is 5.56 Å². The van der Waals surface area contributed by atoms with Gasteiger partial charge in [-0.2, -0.15) is 0 Å². The molecular weight excluding hydrogens is 306 g/mol. The molecule has 0 atom stereocenters. The highest BCUT2D eigenvalue weighted by Gasteiger charge is 2.29. The summed E-state index contributed by atoms with van der Waals surface area (Å²) in [6.45, 7) is 0. The molecule has 0 saturated heterocycles. The van der Waals surface area contributed by atoms with E-state index in [0.29, 0.717) is 0 Å². The van der Waals surface area contributed by atoms with Gasteiger partial charge in [-0.3, -0.25) is 0 Å². The highest BCUT2D eigenvalue weighted by molar-refractivity contribution is 9.10. The quantitative estimate of drug-likeness (QED) is 0.486. The Morgan fingerprint density at radius 2 is 2.24 bits per heavy atom. The molecule has 6 nitrogen and oxygen atoms in total. The van der Waals surface area contributed by atoms with Crippen LogP contribution < -0.4 is 0 Å². The molecule has 0 aliphatic carbocycles. The predicted octanol–water partition coefficient (Wildman–Crippen LogP) is 2.48. The number of esters is 1. The lowest BCUT2D eigenvalue weighted by Crippen LogP contribution is -2.09. The van der Waals surface area contributed by atoms with E-state index in [-0.39, 0.29) is 4.47 Å². The number of ether oxygens (including phenoxy) is 1. The smallest absolute Gasteiger partial charge is 0.378 e. The van der Waals surface area contributed by atoms with E-state index in [2.05, 4.69) is 25.7 Å². The van der Waals surface area contributed by atoms with Crippen molar-refractivity contribution in [1.29, 1.82) is 0 Å². The van der Waals surface area contributed by atoms with E-state index in [9.17, 15) is 23.7 Å². The fourth-order valence-corrected chi connectivity index (χ4v) is 1.54. The van der Waals surface area contributed by atoms with Crippen molar-refractivity contribution in [1.82, 2.24) is 4.98 Å². The molecular formula is C8H5BrF2N2O4. The number of carbonyl (C=O) groups is 1. The number of carbonyl (C=O) groups excluding carboxylic acids is 1. The summed E-state index contributed by atoms with van der Waals surface area (Å²) < 4.78 is 29.0. The number of rotatable bonds is 3. The summed E-state index contributed by atoms with van der Waals surface area (Å²) in [4.78, 5) is 23.9. The Bertz CT molecular complexity index is 481. The lowest BCUT2D eigenvalue weighted by molar-refractivity contribution is -0.390. The predicted molar refractivity (Wildman–Crippen MR) is 54.9 cm³/mol. The molecule has 0 spiro atoms. The molecule has 0 aliphatic heterocycles. The number of alkyl halides is 2. The summed E-state index contributed by atoms with van der Waals surface area (Å²) in [6.07, 6.45) is -2.99. The van der Waals surface area contributed by atoms with Crippen LogP contribution in [0, 0.1) is 10.1 Å². The summed E-state index contributed by atoms with van der Waals surface area (Å²) in [5.41, 5.74) is -1.29. The van der Waals surface area contributed by atoms with Crippen LogP contribution in [0.5, 0.6) is 0 Å². The van der Waals surface area contributed by atoms with Gasteiger partial charge >= 0.3 is 18.2 Å². The summed E-state index contributed by atoms with van der Waals surface area (Å²) in [7, 11) is 1.01. The third-order valence-corrected chi connectivity index (χ3v) is 2.40. The van der Waals surface area contributed by atoms with Crippen LogP contribution in [0.15, 0.2) is 10.5 Å². The van der Waals surface area contributed by atoms with Gasteiger partial charge in [-0.1, -0.05) is 0 Å². The third kappa shape index (κ3) is 2.73. The first kappa shape index (κ1) is 13.4. The van der Waals surface area contributed by atoms with E-state index in [1.54, 1.807) is 0 Å². The lowest BCUT2D eigenvalue weighted by atomic mass is 10.2. The second-order valence-corrected chi connectivity index (χ2v) is 3.63. The Morgan fingerprint density at radius 1 is 1.65 bits per heavy atom. The molecule has 0 bridgehead atoms. The average Bonchev–Trinajstić information content (AvgIpc) is 2.26. The Morgan fingerprint density at radius 3 is 2.65 bits per heavy atom. The summed E-state index contributed by atoms with van der Waals surface area (Å²) >= 11 is 2.76. The van der Waals surface area contributed by atoms with Gasteiger partial charge in [-0.05, 0) is 31.9 Å². The number of halogens is 3. The maximum absolute atomic E-state index is 12.5. The molecule has 0 N–H and O–H groups in total. The molecule has 0 radical (unpaired) electrons. The van der Waals surface area contributed by atoms with Crippen molar-refractivity contribution in [2.45, 2.75) is 6.43 Å². The van der Waals surface area contributed by atoms with Crippen molar-refractivity contribution < 1.29 is 23.2 Å². The Labute approximate surface area is 102 Å². The van der Waals surface area contributed by atoms with Gasteiger partial charge in [0.25, 0.3) is 0 Å². The zero-order valence-corrected chi connectivity index (χ0v) is 9.90. The fraction of sp³-hybridized carbons (Fsp3) is 0.250. The molecule has 1 aromatic heterocycles. The zero-order valence-electron chi connectivity index (χ0n) is 8.32. The van der Waals surface area contributed by atoms with Crippen molar-refractivity contribution in [3.05, 3.63) is 31.9 Å². The molecule has 0 unspecified atom stereocenters. The first-order valence-corrected chi connectivity index (χ1v) is 4.89. The SMILES string of the molecule is COC(=O)c1cc(Br)c(C(F)F)nc1[N+](=O)[O-]. The minimum Gasteiger partial charge on any atom is -0.465 e. The van der Waals surface area contributed by atoms with Crippen molar-refractivity contribution in [2.75, 3.05) is 7.11 Å².